The van der Waals surface area contributed by atoms with Crippen LogP contribution in [0.15, 0.2) is 47.5 Å². The lowest BCUT2D eigenvalue weighted by Gasteiger charge is -2.14. The summed E-state index contributed by atoms with van der Waals surface area (Å²) >= 11 is 0. The van der Waals surface area contributed by atoms with Crippen molar-refractivity contribution in [3.8, 4) is 11.5 Å². The number of methoxy groups -OCH3 is 1. The molecule has 5 nitrogen and oxygen atoms in total. The van der Waals surface area contributed by atoms with Crippen molar-refractivity contribution in [1.82, 2.24) is 10.6 Å². The third-order valence-electron chi connectivity index (χ3n) is 3.66. The highest BCUT2D eigenvalue weighted by atomic mass is 16.5. The van der Waals surface area contributed by atoms with Gasteiger partial charge in [0.1, 0.15) is 11.5 Å². The SMILES string of the molecule is CN=C(NCc1ccccc1C)NCc1cc(OC)ccc1O. The summed E-state index contributed by atoms with van der Waals surface area (Å²) in [5.74, 6) is 1.62. The minimum absolute atomic E-state index is 0.229. The molecule has 0 aliphatic heterocycles. The van der Waals surface area contributed by atoms with Gasteiger partial charge in [-0.3, -0.25) is 4.99 Å². The molecule has 0 aliphatic rings. The summed E-state index contributed by atoms with van der Waals surface area (Å²) in [6.45, 7) is 3.23. The van der Waals surface area contributed by atoms with Gasteiger partial charge < -0.3 is 20.5 Å². The van der Waals surface area contributed by atoms with Crippen LogP contribution in [0.5, 0.6) is 11.5 Å². The van der Waals surface area contributed by atoms with Crippen LogP contribution >= 0.6 is 0 Å². The lowest BCUT2D eigenvalue weighted by atomic mass is 10.1. The van der Waals surface area contributed by atoms with Crippen LogP contribution in [-0.4, -0.2) is 25.2 Å². The second kappa shape index (κ2) is 8.08. The number of benzene rings is 2. The maximum absolute atomic E-state index is 9.90. The van der Waals surface area contributed by atoms with Gasteiger partial charge in [-0.15, -0.1) is 0 Å². The molecule has 122 valence electrons. The first-order valence-electron chi connectivity index (χ1n) is 7.49. The summed E-state index contributed by atoms with van der Waals surface area (Å²) in [4.78, 5) is 4.20. The van der Waals surface area contributed by atoms with E-state index in [-0.39, 0.29) is 5.75 Å². The second-order valence-corrected chi connectivity index (χ2v) is 5.20. The molecule has 2 aromatic rings. The first-order valence-corrected chi connectivity index (χ1v) is 7.49. The van der Waals surface area contributed by atoms with Crippen molar-refractivity contribution in [2.45, 2.75) is 20.0 Å². The average Bonchev–Trinajstić information content (AvgIpc) is 2.57. The van der Waals surface area contributed by atoms with Crippen LogP contribution in [0.4, 0.5) is 0 Å². The quantitative estimate of drug-likeness (QED) is 0.586. The number of nitrogens with one attached hydrogen (secondary N) is 2. The number of aryl methyl sites for hydroxylation is 1. The lowest BCUT2D eigenvalue weighted by Crippen LogP contribution is -2.36. The van der Waals surface area contributed by atoms with Gasteiger partial charge in [0.15, 0.2) is 5.96 Å². The monoisotopic (exact) mass is 313 g/mol. The number of aliphatic imine (C=N–C) groups is 1. The number of hydrogen-bond donors (Lipinski definition) is 3. The normalized spacial score (nSPS) is 11.2. The largest absolute Gasteiger partial charge is 0.508 e. The predicted molar refractivity (Wildman–Crippen MR) is 92.9 cm³/mol. The minimum Gasteiger partial charge on any atom is -0.508 e. The zero-order valence-corrected chi connectivity index (χ0v) is 13.8. The third-order valence-corrected chi connectivity index (χ3v) is 3.66. The molecule has 0 aromatic heterocycles. The van der Waals surface area contributed by atoms with Crippen molar-refractivity contribution >= 4 is 5.96 Å². The van der Waals surface area contributed by atoms with Crippen LogP contribution in [0.2, 0.25) is 0 Å². The topological polar surface area (TPSA) is 65.9 Å². The third kappa shape index (κ3) is 4.64. The van der Waals surface area contributed by atoms with Gasteiger partial charge in [0.25, 0.3) is 0 Å². The number of phenolic OH excluding ortho intramolecular Hbond substituents is 1. The van der Waals surface area contributed by atoms with E-state index in [9.17, 15) is 5.11 Å². The summed E-state index contributed by atoms with van der Waals surface area (Å²) in [6, 6.07) is 13.4. The molecule has 0 fully saturated rings. The molecule has 0 saturated heterocycles. The smallest absolute Gasteiger partial charge is 0.191 e. The Balaban J connectivity index is 1.94. The summed E-state index contributed by atoms with van der Waals surface area (Å²) in [6.07, 6.45) is 0. The molecule has 2 rings (SSSR count). The summed E-state index contributed by atoms with van der Waals surface area (Å²) in [5, 5.41) is 16.4. The molecule has 0 radical (unpaired) electrons. The van der Waals surface area contributed by atoms with Crippen LogP contribution in [0.25, 0.3) is 0 Å². The molecule has 5 heteroatoms. The zero-order valence-electron chi connectivity index (χ0n) is 13.8. The molecule has 2 aromatic carbocycles. The van der Waals surface area contributed by atoms with Crippen molar-refractivity contribution in [3.63, 3.8) is 0 Å². The Morgan fingerprint density at radius 3 is 2.43 bits per heavy atom. The molecule has 3 N–H and O–H groups in total. The minimum atomic E-state index is 0.229. The van der Waals surface area contributed by atoms with Gasteiger partial charge in [-0.2, -0.15) is 0 Å². The number of rotatable bonds is 5. The highest BCUT2D eigenvalue weighted by molar-refractivity contribution is 5.79. The van der Waals surface area contributed by atoms with Gasteiger partial charge in [0, 0.05) is 25.7 Å². The van der Waals surface area contributed by atoms with E-state index in [1.54, 1.807) is 32.4 Å². The average molecular weight is 313 g/mol. The van der Waals surface area contributed by atoms with Gasteiger partial charge in [-0.1, -0.05) is 24.3 Å². The molecular weight excluding hydrogens is 290 g/mol. The summed E-state index contributed by atoms with van der Waals surface area (Å²) in [5.41, 5.74) is 3.21. The zero-order chi connectivity index (χ0) is 16.7. The molecule has 0 aliphatic carbocycles. The van der Waals surface area contributed by atoms with Crippen molar-refractivity contribution < 1.29 is 9.84 Å². The maximum Gasteiger partial charge on any atom is 0.191 e. The molecule has 0 spiro atoms. The van der Waals surface area contributed by atoms with Crippen molar-refractivity contribution in [2.24, 2.45) is 4.99 Å². The molecule has 0 atom stereocenters. The van der Waals surface area contributed by atoms with Crippen molar-refractivity contribution in [1.29, 1.82) is 0 Å². The first kappa shape index (κ1) is 16.7. The van der Waals surface area contributed by atoms with E-state index in [0.29, 0.717) is 24.8 Å². The number of guanidine groups is 1. The Morgan fingerprint density at radius 1 is 1.09 bits per heavy atom. The highest BCUT2D eigenvalue weighted by Crippen LogP contribution is 2.22. The van der Waals surface area contributed by atoms with Crippen LogP contribution in [-0.2, 0) is 13.1 Å². The van der Waals surface area contributed by atoms with E-state index in [4.69, 9.17) is 4.74 Å². The molecule has 23 heavy (non-hydrogen) atoms. The Kier molecular flexibility index (Phi) is 5.86. The fraction of sp³-hybridized carbons (Fsp3) is 0.278. The fourth-order valence-electron chi connectivity index (χ4n) is 2.22. The Morgan fingerprint density at radius 2 is 1.78 bits per heavy atom. The molecule has 0 amide bonds. The molecule has 0 saturated carbocycles. The summed E-state index contributed by atoms with van der Waals surface area (Å²) in [7, 11) is 3.32. The van der Waals surface area contributed by atoms with Crippen LogP contribution in [0.1, 0.15) is 16.7 Å². The Bertz CT molecular complexity index is 684. The van der Waals surface area contributed by atoms with Crippen LogP contribution in [0, 0.1) is 6.92 Å². The van der Waals surface area contributed by atoms with Crippen molar-refractivity contribution in [3.05, 3.63) is 59.2 Å². The van der Waals surface area contributed by atoms with Crippen molar-refractivity contribution in [2.75, 3.05) is 14.2 Å². The number of aromatic hydroxyl groups is 1. The van der Waals surface area contributed by atoms with E-state index >= 15 is 0 Å². The first-order chi connectivity index (χ1) is 11.1. The fourth-order valence-corrected chi connectivity index (χ4v) is 2.22. The van der Waals surface area contributed by atoms with Gasteiger partial charge in [-0.25, -0.2) is 0 Å². The van der Waals surface area contributed by atoms with E-state index in [0.717, 1.165) is 5.56 Å². The number of hydrogen-bond acceptors (Lipinski definition) is 3. The van der Waals surface area contributed by atoms with Gasteiger partial charge >= 0.3 is 0 Å². The summed E-state index contributed by atoms with van der Waals surface area (Å²) < 4.78 is 5.18. The molecular formula is C18H23N3O2. The Hall–Kier alpha value is -2.69. The molecule has 0 unspecified atom stereocenters. The van der Waals surface area contributed by atoms with E-state index in [2.05, 4.69) is 34.7 Å². The standard InChI is InChI=1S/C18H23N3O2/c1-13-6-4-5-7-14(13)11-20-18(19-2)21-12-15-10-16(23-3)8-9-17(15)22/h4-10,22H,11-12H2,1-3H3,(H2,19,20,21). The number of phenols is 1. The van der Waals surface area contributed by atoms with E-state index < -0.39 is 0 Å². The highest BCUT2D eigenvalue weighted by Gasteiger charge is 2.05. The number of nitrogens with zero attached hydrogens (tertiary/aromatic N) is 1. The van der Waals surface area contributed by atoms with Gasteiger partial charge in [-0.05, 0) is 36.2 Å². The number of ether oxygens (including phenoxy) is 1. The molecule has 0 bridgehead atoms. The Labute approximate surface area is 137 Å². The van der Waals surface area contributed by atoms with Gasteiger partial charge in [0.05, 0.1) is 7.11 Å². The van der Waals surface area contributed by atoms with Crippen LogP contribution < -0.4 is 15.4 Å². The van der Waals surface area contributed by atoms with Crippen LogP contribution in [0.3, 0.4) is 0 Å². The van der Waals surface area contributed by atoms with E-state index in [1.807, 2.05) is 12.1 Å². The van der Waals surface area contributed by atoms with Gasteiger partial charge in [0.2, 0.25) is 0 Å². The molecule has 0 heterocycles. The maximum atomic E-state index is 9.90. The lowest BCUT2D eigenvalue weighted by molar-refractivity contribution is 0.410. The predicted octanol–water partition coefficient (Wildman–Crippen LogP) is 2.57. The van der Waals surface area contributed by atoms with E-state index in [1.165, 1.54) is 11.1 Å². The second-order valence-electron chi connectivity index (χ2n) is 5.20.